The van der Waals surface area contributed by atoms with Crippen LogP contribution in [-0.2, 0) is 16.0 Å². The monoisotopic (exact) mass is 361 g/mol. The van der Waals surface area contributed by atoms with Crippen molar-refractivity contribution in [3.8, 4) is 11.5 Å². The van der Waals surface area contributed by atoms with Crippen molar-refractivity contribution in [1.29, 1.82) is 0 Å². The Balaban J connectivity index is 1.66. The molecule has 7 heteroatoms. The topological polar surface area (TPSA) is 66.7 Å². The van der Waals surface area contributed by atoms with Crippen molar-refractivity contribution in [3.63, 3.8) is 0 Å². The highest BCUT2D eigenvalue weighted by Crippen LogP contribution is 2.24. The van der Waals surface area contributed by atoms with Crippen LogP contribution in [0.1, 0.15) is 18.4 Å². The average Bonchev–Trinajstić information content (AvgIpc) is 2.96. The maximum absolute atomic E-state index is 12.5. The number of aromatic nitrogens is 1. The lowest BCUT2D eigenvalue weighted by molar-refractivity contribution is -0.138. The van der Waals surface area contributed by atoms with Crippen LogP contribution in [0.25, 0.3) is 11.5 Å². The molecule has 0 spiro atoms. The van der Waals surface area contributed by atoms with Crippen molar-refractivity contribution in [1.82, 2.24) is 14.8 Å². The maximum atomic E-state index is 12.5. The number of carbonyl (C=O) groups excluding carboxylic acids is 2. The van der Waals surface area contributed by atoms with E-state index in [1.807, 2.05) is 19.1 Å². The lowest BCUT2D eigenvalue weighted by Gasteiger charge is -2.34. The van der Waals surface area contributed by atoms with E-state index in [9.17, 15) is 9.59 Å². The number of benzene rings is 1. The zero-order valence-corrected chi connectivity index (χ0v) is 15.0. The van der Waals surface area contributed by atoms with E-state index in [4.69, 9.17) is 16.0 Å². The van der Waals surface area contributed by atoms with E-state index in [1.165, 1.54) is 0 Å². The molecule has 3 rings (SSSR count). The predicted molar refractivity (Wildman–Crippen MR) is 94.2 cm³/mol. The minimum absolute atomic E-state index is 0.00209. The van der Waals surface area contributed by atoms with Gasteiger partial charge in [0.05, 0.1) is 12.1 Å². The molecule has 0 aliphatic carbocycles. The molecule has 1 aromatic heterocycles. The second kappa shape index (κ2) is 7.27. The van der Waals surface area contributed by atoms with Crippen LogP contribution in [0, 0.1) is 6.92 Å². The van der Waals surface area contributed by atoms with E-state index in [-0.39, 0.29) is 18.2 Å². The van der Waals surface area contributed by atoms with Crippen LogP contribution < -0.4 is 0 Å². The first-order chi connectivity index (χ1) is 11.9. The number of amides is 2. The number of hydrogen-bond donors (Lipinski definition) is 0. The molecule has 132 valence electrons. The van der Waals surface area contributed by atoms with Crippen molar-refractivity contribution in [2.45, 2.75) is 20.3 Å². The van der Waals surface area contributed by atoms with Crippen LogP contribution in [-0.4, -0.2) is 52.8 Å². The Morgan fingerprint density at radius 3 is 2.32 bits per heavy atom. The molecule has 0 saturated carbocycles. The fourth-order valence-corrected chi connectivity index (χ4v) is 2.96. The number of rotatable bonds is 3. The molecule has 1 aromatic carbocycles. The molecule has 2 amide bonds. The Morgan fingerprint density at radius 2 is 1.72 bits per heavy atom. The number of nitrogens with zero attached hydrogens (tertiary/aromatic N) is 3. The van der Waals surface area contributed by atoms with Crippen molar-refractivity contribution >= 4 is 23.4 Å². The van der Waals surface area contributed by atoms with Gasteiger partial charge in [-0.2, -0.15) is 0 Å². The first-order valence-electron chi connectivity index (χ1n) is 8.19. The van der Waals surface area contributed by atoms with Gasteiger partial charge < -0.3 is 14.2 Å². The summed E-state index contributed by atoms with van der Waals surface area (Å²) in [6.07, 6.45) is 0.197. The van der Waals surface area contributed by atoms with Gasteiger partial charge in [-0.25, -0.2) is 4.98 Å². The summed E-state index contributed by atoms with van der Waals surface area (Å²) in [6, 6.07) is 7.21. The molecule has 25 heavy (non-hydrogen) atoms. The van der Waals surface area contributed by atoms with Crippen LogP contribution in [0.3, 0.4) is 0 Å². The Labute approximate surface area is 151 Å². The van der Waals surface area contributed by atoms with Gasteiger partial charge in [-0.05, 0) is 31.2 Å². The molecule has 2 aromatic rings. The summed E-state index contributed by atoms with van der Waals surface area (Å²) in [7, 11) is 0. The van der Waals surface area contributed by atoms with Gasteiger partial charge in [0.15, 0.2) is 0 Å². The Kier molecular flexibility index (Phi) is 5.08. The lowest BCUT2D eigenvalue weighted by atomic mass is 10.2. The summed E-state index contributed by atoms with van der Waals surface area (Å²) in [5.74, 6) is 1.17. The number of hydrogen-bond acceptors (Lipinski definition) is 4. The summed E-state index contributed by atoms with van der Waals surface area (Å²) in [4.78, 5) is 31.9. The fraction of sp³-hybridized carbons (Fsp3) is 0.389. The van der Waals surface area contributed by atoms with Gasteiger partial charge in [-0.15, -0.1) is 0 Å². The number of oxazole rings is 1. The van der Waals surface area contributed by atoms with Crippen molar-refractivity contribution in [2.24, 2.45) is 0 Å². The molecule has 0 radical (unpaired) electrons. The minimum Gasteiger partial charge on any atom is -0.441 e. The third kappa shape index (κ3) is 4.02. The summed E-state index contributed by atoms with van der Waals surface area (Å²) in [5, 5.41) is 0.645. The lowest BCUT2D eigenvalue weighted by Crippen LogP contribution is -2.50. The van der Waals surface area contributed by atoms with Gasteiger partial charge in [0.2, 0.25) is 17.7 Å². The second-order valence-corrected chi connectivity index (χ2v) is 6.53. The van der Waals surface area contributed by atoms with Crippen LogP contribution in [0.4, 0.5) is 0 Å². The van der Waals surface area contributed by atoms with E-state index >= 15 is 0 Å². The molecule has 1 aliphatic heterocycles. The molecule has 2 heterocycles. The first kappa shape index (κ1) is 17.5. The van der Waals surface area contributed by atoms with Gasteiger partial charge in [-0.1, -0.05) is 11.6 Å². The van der Waals surface area contributed by atoms with Crippen LogP contribution >= 0.6 is 11.6 Å². The highest BCUT2D eigenvalue weighted by atomic mass is 35.5. The smallest absolute Gasteiger partial charge is 0.228 e. The van der Waals surface area contributed by atoms with Gasteiger partial charge in [0.1, 0.15) is 5.76 Å². The van der Waals surface area contributed by atoms with E-state index < -0.39 is 0 Å². The Hall–Kier alpha value is -2.34. The van der Waals surface area contributed by atoms with Crippen molar-refractivity contribution < 1.29 is 14.0 Å². The molecule has 1 aliphatic rings. The van der Waals surface area contributed by atoms with Crippen LogP contribution in [0.2, 0.25) is 5.02 Å². The average molecular weight is 362 g/mol. The fourth-order valence-electron chi connectivity index (χ4n) is 2.83. The quantitative estimate of drug-likeness (QED) is 0.842. The van der Waals surface area contributed by atoms with Gasteiger partial charge in [0.25, 0.3) is 0 Å². The Morgan fingerprint density at radius 1 is 1.12 bits per heavy atom. The van der Waals surface area contributed by atoms with E-state index in [0.29, 0.717) is 48.5 Å². The van der Waals surface area contributed by atoms with Gasteiger partial charge in [0, 0.05) is 43.7 Å². The van der Waals surface area contributed by atoms with Gasteiger partial charge in [-0.3, -0.25) is 9.59 Å². The standard InChI is InChI=1S/C18H20ClN3O3/c1-12-16(20-18(25-12)14-3-5-15(19)6-4-14)11-17(24)22-9-7-21(8-10-22)13(2)23/h3-6H,7-11H2,1-2H3. The SMILES string of the molecule is CC(=O)N1CCN(C(=O)Cc2nc(-c3ccc(Cl)cc3)oc2C)CC1. The van der Waals surface area contributed by atoms with Crippen molar-refractivity contribution in [3.05, 3.63) is 40.7 Å². The predicted octanol–water partition coefficient (Wildman–Crippen LogP) is 2.54. The molecule has 1 fully saturated rings. The van der Waals surface area contributed by atoms with Crippen LogP contribution in [0.5, 0.6) is 0 Å². The molecular weight excluding hydrogens is 342 g/mol. The number of aryl methyl sites for hydroxylation is 1. The number of carbonyl (C=O) groups is 2. The molecule has 6 nitrogen and oxygen atoms in total. The normalized spacial score (nSPS) is 14.7. The summed E-state index contributed by atoms with van der Waals surface area (Å²) >= 11 is 5.89. The molecule has 0 bridgehead atoms. The Bertz CT molecular complexity index is 777. The molecule has 0 N–H and O–H groups in total. The first-order valence-corrected chi connectivity index (χ1v) is 8.57. The van der Waals surface area contributed by atoms with E-state index in [1.54, 1.807) is 28.9 Å². The summed E-state index contributed by atoms with van der Waals surface area (Å²) in [5.41, 5.74) is 1.46. The molecule has 0 atom stereocenters. The molecule has 1 saturated heterocycles. The highest BCUT2D eigenvalue weighted by molar-refractivity contribution is 6.30. The van der Waals surface area contributed by atoms with Crippen LogP contribution in [0.15, 0.2) is 28.7 Å². The number of piperazine rings is 1. The zero-order valence-electron chi connectivity index (χ0n) is 14.3. The zero-order chi connectivity index (χ0) is 18.0. The minimum atomic E-state index is 0.00209. The summed E-state index contributed by atoms with van der Waals surface area (Å²) < 4.78 is 5.70. The van der Waals surface area contributed by atoms with Gasteiger partial charge >= 0.3 is 0 Å². The molecule has 0 unspecified atom stereocenters. The third-order valence-electron chi connectivity index (χ3n) is 4.38. The largest absolute Gasteiger partial charge is 0.441 e. The number of halogens is 1. The second-order valence-electron chi connectivity index (χ2n) is 6.09. The van der Waals surface area contributed by atoms with Crippen molar-refractivity contribution in [2.75, 3.05) is 26.2 Å². The highest BCUT2D eigenvalue weighted by Gasteiger charge is 2.24. The summed E-state index contributed by atoms with van der Waals surface area (Å²) in [6.45, 7) is 5.62. The third-order valence-corrected chi connectivity index (χ3v) is 4.63. The molecular formula is C18H20ClN3O3. The van der Waals surface area contributed by atoms with E-state index in [0.717, 1.165) is 5.56 Å². The van der Waals surface area contributed by atoms with E-state index in [2.05, 4.69) is 4.98 Å². The maximum Gasteiger partial charge on any atom is 0.228 e.